The lowest BCUT2D eigenvalue weighted by Gasteiger charge is -2.31. The van der Waals surface area contributed by atoms with Gasteiger partial charge in [0.2, 0.25) is 0 Å². The number of fused-ring (bicyclic) bond motifs is 1. The van der Waals surface area contributed by atoms with E-state index in [0.717, 1.165) is 67.8 Å². The molecule has 199 valence electrons. The minimum atomic E-state index is 0.173. The summed E-state index contributed by atoms with van der Waals surface area (Å²) in [6, 6.07) is 24.6. The largest absolute Gasteiger partial charge is 0.497 e. The van der Waals surface area contributed by atoms with Gasteiger partial charge in [0.25, 0.3) is 0 Å². The molecule has 0 spiro atoms. The summed E-state index contributed by atoms with van der Waals surface area (Å²) in [6.07, 6.45) is 2.15. The van der Waals surface area contributed by atoms with Crippen molar-refractivity contribution < 1.29 is 9.47 Å². The highest BCUT2D eigenvalue weighted by Crippen LogP contribution is 2.47. The second-order valence-corrected chi connectivity index (χ2v) is 10.2. The maximum absolute atomic E-state index is 6.60. The number of benzene rings is 3. The third-order valence-corrected chi connectivity index (χ3v) is 8.07. The Bertz CT molecular complexity index is 1380. The lowest BCUT2D eigenvalue weighted by Crippen LogP contribution is -2.29. The van der Waals surface area contributed by atoms with Crippen LogP contribution >= 0.6 is 11.6 Å². The van der Waals surface area contributed by atoms with E-state index < -0.39 is 0 Å². The number of ether oxygens (including phenoxy) is 2. The van der Waals surface area contributed by atoms with Gasteiger partial charge < -0.3 is 23.8 Å². The first kappa shape index (κ1) is 26.5. The van der Waals surface area contributed by atoms with Gasteiger partial charge in [-0.05, 0) is 55.8 Å². The van der Waals surface area contributed by atoms with Gasteiger partial charge in [-0.25, -0.2) is 0 Å². The van der Waals surface area contributed by atoms with Gasteiger partial charge in [0.15, 0.2) is 0 Å². The summed E-state index contributed by atoms with van der Waals surface area (Å²) >= 11 is 6.60. The molecule has 1 saturated heterocycles. The first-order valence-corrected chi connectivity index (χ1v) is 14.0. The van der Waals surface area contributed by atoms with Gasteiger partial charge in [-0.15, -0.1) is 0 Å². The molecule has 4 aromatic rings. The average Bonchev–Trinajstić information content (AvgIpc) is 3.56. The van der Waals surface area contributed by atoms with Gasteiger partial charge in [0, 0.05) is 58.9 Å². The molecule has 0 amide bonds. The zero-order valence-corrected chi connectivity index (χ0v) is 23.6. The number of hydrogen-bond donors (Lipinski definition) is 0. The molecule has 1 atom stereocenters. The Balaban J connectivity index is 1.72. The van der Waals surface area contributed by atoms with Crippen LogP contribution < -0.4 is 14.4 Å². The first-order valence-electron chi connectivity index (χ1n) is 13.6. The average molecular weight is 531 g/mol. The first-order chi connectivity index (χ1) is 18.6. The van der Waals surface area contributed by atoms with Gasteiger partial charge in [0.1, 0.15) is 11.5 Å². The van der Waals surface area contributed by atoms with Crippen molar-refractivity contribution in [2.45, 2.75) is 39.3 Å². The van der Waals surface area contributed by atoms with Gasteiger partial charge in [-0.3, -0.25) is 0 Å². The standard InChI is InChI=1S/C32H37ClN3O2/c1-5-34(6-2)19-20-36-27-16-14-24(33)21-26(27)31(23-11-8-7-9-12-23)32(36)29-13-10-18-35(29)28-17-15-25(37-3)22-30(28)38-4/h7-9,11-12,14-16,21-22,29H,5-6,10,13,18-20H2,1-4H3. The molecule has 3 aromatic carbocycles. The molecule has 0 saturated carbocycles. The lowest BCUT2D eigenvalue weighted by molar-refractivity contribution is 0.290. The van der Waals surface area contributed by atoms with Crippen molar-refractivity contribution in [1.82, 2.24) is 9.47 Å². The molecular weight excluding hydrogens is 494 g/mol. The van der Waals surface area contributed by atoms with Crippen LogP contribution in [-0.4, -0.2) is 49.9 Å². The Kier molecular flexibility index (Phi) is 8.15. The highest BCUT2D eigenvalue weighted by molar-refractivity contribution is 6.31. The van der Waals surface area contributed by atoms with Crippen LogP contribution in [0.25, 0.3) is 22.0 Å². The monoisotopic (exact) mass is 530 g/mol. The predicted octanol–water partition coefficient (Wildman–Crippen LogP) is 7.46. The summed E-state index contributed by atoms with van der Waals surface area (Å²) in [6.45, 7) is 9.39. The van der Waals surface area contributed by atoms with Gasteiger partial charge in [0.05, 0.1) is 25.9 Å². The molecule has 1 aliphatic rings. The normalized spacial score (nSPS) is 15.5. The fraction of sp³-hybridized carbons (Fsp3) is 0.375. The summed E-state index contributed by atoms with van der Waals surface area (Å²) in [7, 11) is 3.39. The number of anilines is 1. The van der Waals surface area contributed by atoms with E-state index in [0.29, 0.717) is 0 Å². The van der Waals surface area contributed by atoms with Crippen LogP contribution in [0, 0.1) is 6.07 Å². The Hall–Kier alpha value is -3.15. The molecule has 0 bridgehead atoms. The van der Waals surface area contributed by atoms with Crippen molar-refractivity contribution >= 4 is 28.2 Å². The molecule has 1 fully saturated rings. The fourth-order valence-corrected chi connectivity index (χ4v) is 6.06. The minimum absolute atomic E-state index is 0.173. The Labute approximate surface area is 231 Å². The Morgan fingerprint density at radius 1 is 1.03 bits per heavy atom. The predicted molar refractivity (Wildman–Crippen MR) is 158 cm³/mol. The number of rotatable bonds is 10. The quantitative estimate of drug-likeness (QED) is 0.213. The molecular formula is C32H37ClN3O2. The lowest BCUT2D eigenvalue weighted by atomic mass is 9.97. The van der Waals surface area contributed by atoms with Crippen molar-refractivity contribution in [3.05, 3.63) is 77.4 Å². The van der Waals surface area contributed by atoms with E-state index >= 15 is 0 Å². The van der Waals surface area contributed by atoms with E-state index in [1.54, 1.807) is 14.2 Å². The number of likely N-dealkylation sites (N-methyl/N-ethyl adjacent to an activating group) is 1. The van der Waals surface area contributed by atoms with Crippen LogP contribution in [0.1, 0.15) is 38.4 Å². The van der Waals surface area contributed by atoms with Crippen molar-refractivity contribution in [2.24, 2.45) is 0 Å². The van der Waals surface area contributed by atoms with Crippen LogP contribution in [0.2, 0.25) is 5.02 Å². The molecule has 6 heteroatoms. The third kappa shape index (κ3) is 4.97. The van der Waals surface area contributed by atoms with Crippen LogP contribution in [0.3, 0.4) is 0 Å². The Morgan fingerprint density at radius 3 is 2.53 bits per heavy atom. The molecule has 1 aliphatic heterocycles. The fourth-order valence-electron chi connectivity index (χ4n) is 5.89. The van der Waals surface area contributed by atoms with E-state index in [1.165, 1.54) is 27.7 Å². The summed E-state index contributed by atoms with van der Waals surface area (Å²) in [5, 5.41) is 1.96. The van der Waals surface area contributed by atoms with Gasteiger partial charge in [-0.2, -0.15) is 0 Å². The molecule has 1 radical (unpaired) electrons. The number of halogens is 1. The molecule has 5 nitrogen and oxygen atoms in total. The zero-order valence-electron chi connectivity index (χ0n) is 22.8. The molecule has 2 heterocycles. The maximum atomic E-state index is 6.60. The smallest absolute Gasteiger partial charge is 0.146 e. The zero-order chi connectivity index (χ0) is 26.6. The van der Waals surface area contributed by atoms with Crippen molar-refractivity contribution in [1.29, 1.82) is 0 Å². The van der Waals surface area contributed by atoms with Crippen LogP contribution in [0.4, 0.5) is 5.69 Å². The van der Waals surface area contributed by atoms with E-state index in [9.17, 15) is 0 Å². The third-order valence-electron chi connectivity index (χ3n) is 7.83. The summed E-state index contributed by atoms with van der Waals surface area (Å²) in [4.78, 5) is 4.95. The summed E-state index contributed by atoms with van der Waals surface area (Å²) in [5.41, 5.74) is 6.03. The Morgan fingerprint density at radius 2 is 1.82 bits per heavy atom. The maximum Gasteiger partial charge on any atom is 0.146 e. The van der Waals surface area contributed by atoms with Crippen molar-refractivity contribution in [2.75, 3.05) is 45.3 Å². The number of aromatic nitrogens is 1. The topological polar surface area (TPSA) is 29.9 Å². The second-order valence-electron chi connectivity index (χ2n) is 9.77. The van der Waals surface area contributed by atoms with Crippen LogP contribution in [-0.2, 0) is 6.54 Å². The number of hydrogen-bond acceptors (Lipinski definition) is 4. The highest BCUT2D eigenvalue weighted by Gasteiger charge is 2.34. The van der Waals surface area contributed by atoms with E-state index in [1.807, 2.05) is 18.2 Å². The number of nitrogens with zero attached hydrogens (tertiary/aromatic N) is 3. The minimum Gasteiger partial charge on any atom is -0.497 e. The van der Waals surface area contributed by atoms with E-state index in [4.69, 9.17) is 21.1 Å². The summed E-state index contributed by atoms with van der Waals surface area (Å²) < 4.78 is 13.8. The van der Waals surface area contributed by atoms with Crippen LogP contribution in [0.15, 0.2) is 60.7 Å². The van der Waals surface area contributed by atoms with E-state index in [-0.39, 0.29) is 6.04 Å². The molecule has 0 aliphatic carbocycles. The molecule has 1 aromatic heterocycles. The molecule has 1 unspecified atom stereocenters. The molecule has 38 heavy (non-hydrogen) atoms. The van der Waals surface area contributed by atoms with Gasteiger partial charge >= 0.3 is 0 Å². The second kappa shape index (κ2) is 11.7. The van der Waals surface area contributed by atoms with Crippen LogP contribution in [0.5, 0.6) is 11.5 Å². The highest BCUT2D eigenvalue weighted by atomic mass is 35.5. The number of methoxy groups -OCH3 is 2. The van der Waals surface area contributed by atoms with Crippen molar-refractivity contribution in [3.63, 3.8) is 0 Å². The van der Waals surface area contributed by atoms with Gasteiger partial charge in [-0.1, -0.05) is 55.8 Å². The van der Waals surface area contributed by atoms with E-state index in [2.05, 4.69) is 76.7 Å². The van der Waals surface area contributed by atoms with Crippen molar-refractivity contribution in [3.8, 4) is 22.6 Å². The molecule has 5 rings (SSSR count). The SMILES string of the molecule is CCN(CC)CCn1c(C2CCCN2c2[c]cc(OC)cc2OC)c(-c2ccccc2)c2cc(Cl)ccc21. The summed E-state index contributed by atoms with van der Waals surface area (Å²) in [5.74, 6) is 1.53. The molecule has 0 N–H and O–H groups in total.